The minimum atomic E-state index is -3.27. The molecule has 0 unspecified atom stereocenters. The first-order valence-corrected chi connectivity index (χ1v) is 9.49. The largest absolute Gasteiger partial charge is 0.453 e. The maximum atomic E-state index is 12.1. The van der Waals surface area contributed by atoms with E-state index in [9.17, 15) is 13.2 Å². The second kappa shape index (κ2) is 8.31. The molecule has 0 aliphatic carbocycles. The summed E-state index contributed by atoms with van der Waals surface area (Å²) < 4.78 is 31.5. The smallest absolute Gasteiger partial charge is 0.409 e. The van der Waals surface area contributed by atoms with Gasteiger partial charge in [0.05, 0.1) is 12.9 Å². The van der Waals surface area contributed by atoms with Crippen molar-refractivity contribution >= 4 is 16.1 Å². The third-order valence-electron chi connectivity index (χ3n) is 4.14. The quantitative estimate of drug-likeness (QED) is 0.854. The fraction of sp³-hybridized carbons (Fsp3) is 0.562. The number of amides is 1. The van der Waals surface area contributed by atoms with Crippen molar-refractivity contribution in [3.63, 3.8) is 0 Å². The fourth-order valence-electron chi connectivity index (χ4n) is 2.66. The van der Waals surface area contributed by atoms with Crippen molar-refractivity contribution in [2.75, 3.05) is 32.5 Å². The molecule has 2 rings (SSSR count). The summed E-state index contributed by atoms with van der Waals surface area (Å²) >= 11 is 0. The van der Waals surface area contributed by atoms with Crippen LogP contribution in [-0.4, -0.2) is 51.9 Å². The zero-order chi connectivity index (χ0) is 16.7. The number of ether oxygens (including phenoxy) is 1. The van der Waals surface area contributed by atoms with Crippen molar-refractivity contribution in [1.82, 2.24) is 9.62 Å². The van der Waals surface area contributed by atoms with Crippen LogP contribution in [0.2, 0.25) is 0 Å². The Morgan fingerprint density at radius 2 is 1.91 bits per heavy atom. The molecule has 1 fully saturated rings. The highest BCUT2D eigenvalue weighted by atomic mass is 32.2. The minimum Gasteiger partial charge on any atom is -0.453 e. The van der Waals surface area contributed by atoms with Gasteiger partial charge in [-0.2, -0.15) is 0 Å². The molecule has 1 aliphatic rings. The van der Waals surface area contributed by atoms with E-state index in [-0.39, 0.29) is 17.8 Å². The Balaban J connectivity index is 1.72. The van der Waals surface area contributed by atoms with Gasteiger partial charge in [0, 0.05) is 19.6 Å². The van der Waals surface area contributed by atoms with Crippen molar-refractivity contribution in [3.8, 4) is 0 Å². The van der Waals surface area contributed by atoms with Crippen LogP contribution in [-0.2, 0) is 21.2 Å². The van der Waals surface area contributed by atoms with Crippen LogP contribution in [0, 0.1) is 5.92 Å². The number of nitrogens with zero attached hydrogens (tertiary/aromatic N) is 1. The van der Waals surface area contributed by atoms with E-state index < -0.39 is 10.0 Å². The van der Waals surface area contributed by atoms with Gasteiger partial charge in [0.25, 0.3) is 0 Å². The maximum Gasteiger partial charge on any atom is 0.409 e. The molecule has 0 radical (unpaired) electrons. The Kier molecular flexibility index (Phi) is 6.41. The van der Waals surface area contributed by atoms with Gasteiger partial charge in [0.1, 0.15) is 0 Å². The first-order valence-electron chi connectivity index (χ1n) is 7.84. The molecule has 0 aromatic heterocycles. The first-order chi connectivity index (χ1) is 11.0. The summed E-state index contributed by atoms with van der Waals surface area (Å²) in [4.78, 5) is 13.1. The molecular weight excluding hydrogens is 316 g/mol. The van der Waals surface area contributed by atoms with E-state index in [1.807, 2.05) is 30.3 Å². The fourth-order valence-corrected chi connectivity index (χ4v) is 3.80. The predicted molar refractivity (Wildman–Crippen MR) is 88.6 cm³/mol. The van der Waals surface area contributed by atoms with E-state index in [4.69, 9.17) is 0 Å². The van der Waals surface area contributed by atoms with Crippen LogP contribution < -0.4 is 4.72 Å². The lowest BCUT2D eigenvalue weighted by Crippen LogP contribution is -2.41. The van der Waals surface area contributed by atoms with Crippen LogP contribution in [0.15, 0.2) is 30.3 Å². The van der Waals surface area contributed by atoms with Gasteiger partial charge < -0.3 is 9.64 Å². The number of piperidine rings is 1. The first kappa shape index (κ1) is 17.7. The third-order valence-corrected chi connectivity index (χ3v) is 5.49. The number of carbonyl (C=O) groups is 1. The average molecular weight is 340 g/mol. The maximum absolute atomic E-state index is 12.1. The lowest BCUT2D eigenvalue weighted by molar-refractivity contribution is 0.106. The average Bonchev–Trinajstić information content (AvgIpc) is 2.59. The van der Waals surface area contributed by atoms with Gasteiger partial charge in [-0.15, -0.1) is 0 Å². The number of hydrogen-bond acceptors (Lipinski definition) is 4. The SMILES string of the molecule is COC(=O)N1CCC(CNS(=O)(=O)CCc2ccccc2)CC1. The van der Waals surface area contributed by atoms with Crippen molar-refractivity contribution in [3.05, 3.63) is 35.9 Å². The Morgan fingerprint density at radius 3 is 2.52 bits per heavy atom. The molecule has 1 aromatic carbocycles. The van der Waals surface area contributed by atoms with Crippen LogP contribution in [0.25, 0.3) is 0 Å². The van der Waals surface area contributed by atoms with Crippen LogP contribution in [0.4, 0.5) is 4.79 Å². The van der Waals surface area contributed by atoms with E-state index in [2.05, 4.69) is 9.46 Å². The summed E-state index contributed by atoms with van der Waals surface area (Å²) in [7, 11) is -1.90. The summed E-state index contributed by atoms with van der Waals surface area (Å²) in [5.41, 5.74) is 1.02. The van der Waals surface area contributed by atoms with E-state index in [1.165, 1.54) is 7.11 Å². The number of nitrogens with one attached hydrogen (secondary N) is 1. The molecule has 1 aromatic rings. The Hall–Kier alpha value is -1.60. The minimum absolute atomic E-state index is 0.0953. The number of carbonyl (C=O) groups excluding carboxylic acids is 1. The second-order valence-electron chi connectivity index (χ2n) is 5.80. The molecule has 0 bridgehead atoms. The molecule has 0 spiro atoms. The highest BCUT2D eigenvalue weighted by molar-refractivity contribution is 7.89. The lowest BCUT2D eigenvalue weighted by Gasteiger charge is -2.30. The van der Waals surface area contributed by atoms with Crippen molar-refractivity contribution in [2.24, 2.45) is 5.92 Å². The molecule has 23 heavy (non-hydrogen) atoms. The second-order valence-corrected chi connectivity index (χ2v) is 7.73. The summed E-state index contributed by atoms with van der Waals surface area (Å²) in [6.07, 6.45) is 1.77. The molecule has 128 valence electrons. The lowest BCUT2D eigenvalue weighted by atomic mass is 9.97. The topological polar surface area (TPSA) is 75.7 Å². The van der Waals surface area contributed by atoms with Gasteiger partial charge in [0.15, 0.2) is 0 Å². The van der Waals surface area contributed by atoms with E-state index in [1.54, 1.807) is 4.90 Å². The number of likely N-dealkylation sites (tertiary alicyclic amines) is 1. The molecule has 1 aliphatic heterocycles. The normalized spacial score (nSPS) is 16.3. The number of hydrogen-bond donors (Lipinski definition) is 1. The Morgan fingerprint density at radius 1 is 1.26 bits per heavy atom. The number of benzene rings is 1. The van der Waals surface area contributed by atoms with Gasteiger partial charge in [-0.05, 0) is 30.7 Å². The van der Waals surface area contributed by atoms with Crippen molar-refractivity contribution in [2.45, 2.75) is 19.3 Å². The molecule has 1 N–H and O–H groups in total. The zero-order valence-electron chi connectivity index (χ0n) is 13.4. The molecular formula is C16H24N2O4S. The van der Waals surface area contributed by atoms with Gasteiger partial charge in [0.2, 0.25) is 10.0 Å². The van der Waals surface area contributed by atoms with E-state index in [0.29, 0.717) is 26.1 Å². The van der Waals surface area contributed by atoms with E-state index in [0.717, 1.165) is 18.4 Å². The molecule has 1 heterocycles. The number of sulfonamides is 1. The van der Waals surface area contributed by atoms with Gasteiger partial charge in [-0.1, -0.05) is 30.3 Å². The van der Waals surface area contributed by atoms with Crippen LogP contribution in [0.3, 0.4) is 0 Å². The van der Waals surface area contributed by atoms with Gasteiger partial charge in [-0.3, -0.25) is 0 Å². The zero-order valence-corrected chi connectivity index (χ0v) is 14.2. The number of rotatable bonds is 6. The molecule has 7 heteroatoms. The number of aryl methyl sites for hydroxylation is 1. The van der Waals surface area contributed by atoms with Gasteiger partial charge >= 0.3 is 6.09 Å². The monoisotopic (exact) mass is 340 g/mol. The van der Waals surface area contributed by atoms with Crippen molar-refractivity contribution in [1.29, 1.82) is 0 Å². The van der Waals surface area contributed by atoms with Gasteiger partial charge in [-0.25, -0.2) is 17.9 Å². The molecule has 6 nitrogen and oxygen atoms in total. The summed E-state index contributed by atoms with van der Waals surface area (Å²) in [6.45, 7) is 1.66. The highest BCUT2D eigenvalue weighted by Crippen LogP contribution is 2.17. The summed E-state index contributed by atoms with van der Waals surface area (Å²) in [5, 5.41) is 0. The Bertz CT molecular complexity index is 596. The molecule has 1 saturated heterocycles. The predicted octanol–water partition coefficient (Wildman–Crippen LogP) is 1.63. The Labute approximate surface area is 137 Å². The van der Waals surface area contributed by atoms with Crippen LogP contribution >= 0.6 is 0 Å². The molecule has 0 atom stereocenters. The standard InChI is InChI=1S/C16H24N2O4S/c1-22-16(19)18-10-7-15(8-11-18)13-17-23(20,21)12-9-14-5-3-2-4-6-14/h2-6,15,17H,7-13H2,1H3. The van der Waals surface area contributed by atoms with E-state index >= 15 is 0 Å². The molecule has 1 amide bonds. The van der Waals surface area contributed by atoms with Crippen LogP contribution in [0.5, 0.6) is 0 Å². The summed E-state index contributed by atoms with van der Waals surface area (Å²) in [6, 6.07) is 9.59. The van der Waals surface area contributed by atoms with Crippen LogP contribution in [0.1, 0.15) is 18.4 Å². The van der Waals surface area contributed by atoms with Crippen molar-refractivity contribution < 1.29 is 17.9 Å². The molecule has 0 saturated carbocycles. The summed E-state index contributed by atoms with van der Waals surface area (Å²) in [5.74, 6) is 0.361. The third kappa shape index (κ3) is 5.84. The number of methoxy groups -OCH3 is 1. The highest BCUT2D eigenvalue weighted by Gasteiger charge is 2.24.